The van der Waals surface area contributed by atoms with E-state index in [9.17, 15) is 9.59 Å². The number of ether oxygens (including phenoxy) is 1. The molecule has 1 aliphatic rings. The molecule has 2 N–H and O–H groups in total. The van der Waals surface area contributed by atoms with E-state index in [0.29, 0.717) is 30.5 Å². The fourth-order valence-electron chi connectivity index (χ4n) is 2.05. The summed E-state index contributed by atoms with van der Waals surface area (Å²) in [5.41, 5.74) is 0.604. The quantitative estimate of drug-likeness (QED) is 0.856. The highest BCUT2D eigenvalue weighted by molar-refractivity contribution is 6.30. The second kappa shape index (κ2) is 8.95. The number of hydrogen-bond donors (Lipinski definition) is 2. The SMILES string of the molecule is CN(CC(=O)Nc1cccc(Cl)c1)C(=O)C1COCCN1.Cl. The van der Waals surface area contributed by atoms with Gasteiger partial charge in [0, 0.05) is 24.3 Å². The van der Waals surface area contributed by atoms with Crippen molar-refractivity contribution in [3.05, 3.63) is 29.3 Å². The molecule has 1 unspecified atom stereocenters. The van der Waals surface area contributed by atoms with Crippen LogP contribution >= 0.6 is 24.0 Å². The first-order valence-electron chi connectivity index (χ1n) is 6.68. The molecule has 1 atom stereocenters. The summed E-state index contributed by atoms with van der Waals surface area (Å²) in [7, 11) is 1.59. The lowest BCUT2D eigenvalue weighted by atomic mass is 10.2. The predicted octanol–water partition coefficient (Wildman–Crippen LogP) is 1.15. The Morgan fingerprint density at radius 1 is 1.50 bits per heavy atom. The van der Waals surface area contributed by atoms with E-state index in [-0.39, 0.29) is 36.8 Å². The summed E-state index contributed by atoms with van der Waals surface area (Å²) in [6.45, 7) is 1.55. The number of morpholine rings is 1. The Bertz CT molecular complexity index is 522. The first kappa shape index (κ1) is 18.7. The minimum atomic E-state index is -0.386. The Balaban J connectivity index is 0.00000242. The van der Waals surface area contributed by atoms with Crippen LogP contribution < -0.4 is 10.6 Å². The van der Waals surface area contributed by atoms with Crippen LogP contribution in [0.25, 0.3) is 0 Å². The van der Waals surface area contributed by atoms with Gasteiger partial charge in [0.15, 0.2) is 0 Å². The number of anilines is 1. The monoisotopic (exact) mass is 347 g/mol. The van der Waals surface area contributed by atoms with Gasteiger partial charge in [-0.25, -0.2) is 0 Å². The van der Waals surface area contributed by atoms with Crippen molar-refractivity contribution < 1.29 is 14.3 Å². The molecule has 122 valence electrons. The lowest BCUT2D eigenvalue weighted by Gasteiger charge is -2.27. The van der Waals surface area contributed by atoms with Gasteiger partial charge >= 0.3 is 0 Å². The average Bonchev–Trinajstić information content (AvgIpc) is 2.47. The van der Waals surface area contributed by atoms with Gasteiger partial charge in [0.1, 0.15) is 6.04 Å². The molecule has 2 rings (SSSR count). The molecule has 1 aliphatic heterocycles. The number of benzene rings is 1. The van der Waals surface area contributed by atoms with Crippen molar-refractivity contribution in [3.63, 3.8) is 0 Å². The molecule has 22 heavy (non-hydrogen) atoms. The molecule has 1 saturated heterocycles. The zero-order valence-corrected chi connectivity index (χ0v) is 13.7. The first-order valence-corrected chi connectivity index (χ1v) is 7.05. The zero-order chi connectivity index (χ0) is 15.2. The van der Waals surface area contributed by atoms with E-state index >= 15 is 0 Å². The van der Waals surface area contributed by atoms with E-state index in [0.717, 1.165) is 0 Å². The predicted molar refractivity (Wildman–Crippen MR) is 87.6 cm³/mol. The Labute approximate surface area is 140 Å². The van der Waals surface area contributed by atoms with Crippen LogP contribution in [0.3, 0.4) is 0 Å². The highest BCUT2D eigenvalue weighted by Gasteiger charge is 2.25. The van der Waals surface area contributed by atoms with Gasteiger partial charge in [0.05, 0.1) is 19.8 Å². The van der Waals surface area contributed by atoms with Crippen LogP contribution in [0.2, 0.25) is 5.02 Å². The first-order chi connectivity index (χ1) is 10.1. The van der Waals surface area contributed by atoms with Gasteiger partial charge in [0.2, 0.25) is 11.8 Å². The van der Waals surface area contributed by atoms with Crippen LogP contribution in [0.4, 0.5) is 5.69 Å². The third kappa shape index (κ3) is 5.46. The number of hydrogen-bond acceptors (Lipinski definition) is 4. The standard InChI is InChI=1S/C14H18ClN3O3.ClH/c1-18(14(20)12-9-21-6-5-16-12)8-13(19)17-11-4-2-3-10(15)7-11;/h2-4,7,12,16H,5-6,8-9H2,1H3,(H,17,19);1H. The van der Waals surface area contributed by atoms with Gasteiger partial charge in [0.25, 0.3) is 0 Å². The van der Waals surface area contributed by atoms with Crippen LogP contribution in [0, 0.1) is 0 Å². The summed E-state index contributed by atoms with van der Waals surface area (Å²) in [6.07, 6.45) is 0. The second-order valence-corrected chi connectivity index (χ2v) is 5.27. The topological polar surface area (TPSA) is 70.7 Å². The normalized spacial score (nSPS) is 17.3. The largest absolute Gasteiger partial charge is 0.378 e. The van der Waals surface area contributed by atoms with Crippen molar-refractivity contribution in [2.45, 2.75) is 6.04 Å². The van der Waals surface area contributed by atoms with Crippen LogP contribution in [-0.4, -0.2) is 56.1 Å². The van der Waals surface area contributed by atoms with E-state index in [2.05, 4.69) is 10.6 Å². The molecular weight excluding hydrogens is 329 g/mol. The molecule has 1 aromatic rings. The molecule has 0 aromatic heterocycles. The summed E-state index contributed by atoms with van der Waals surface area (Å²) in [6, 6.07) is 6.47. The Morgan fingerprint density at radius 2 is 2.27 bits per heavy atom. The lowest BCUT2D eigenvalue weighted by Crippen LogP contribution is -2.52. The average molecular weight is 348 g/mol. The van der Waals surface area contributed by atoms with E-state index in [4.69, 9.17) is 16.3 Å². The summed E-state index contributed by atoms with van der Waals surface area (Å²) in [5, 5.41) is 6.31. The highest BCUT2D eigenvalue weighted by atomic mass is 35.5. The van der Waals surface area contributed by atoms with Gasteiger partial charge in [-0.1, -0.05) is 17.7 Å². The number of carbonyl (C=O) groups excluding carboxylic acids is 2. The van der Waals surface area contributed by atoms with Gasteiger partial charge in [-0.05, 0) is 18.2 Å². The minimum absolute atomic E-state index is 0. The zero-order valence-electron chi connectivity index (χ0n) is 12.2. The van der Waals surface area contributed by atoms with E-state index in [1.807, 2.05) is 0 Å². The van der Waals surface area contributed by atoms with Gasteiger partial charge in [-0.15, -0.1) is 12.4 Å². The fourth-order valence-corrected chi connectivity index (χ4v) is 2.24. The fraction of sp³-hybridized carbons (Fsp3) is 0.429. The van der Waals surface area contributed by atoms with Crippen LogP contribution in [0.1, 0.15) is 0 Å². The maximum atomic E-state index is 12.1. The maximum absolute atomic E-state index is 12.1. The van der Waals surface area contributed by atoms with Crippen molar-refractivity contribution >= 4 is 41.5 Å². The van der Waals surface area contributed by atoms with Gasteiger partial charge in [-0.2, -0.15) is 0 Å². The molecule has 2 amide bonds. The van der Waals surface area contributed by atoms with Crippen LogP contribution in [0.5, 0.6) is 0 Å². The Morgan fingerprint density at radius 3 is 2.91 bits per heavy atom. The summed E-state index contributed by atoms with van der Waals surface area (Å²) < 4.78 is 5.24. The molecule has 0 spiro atoms. The number of likely N-dealkylation sites (N-methyl/N-ethyl adjacent to an activating group) is 1. The molecule has 1 aromatic carbocycles. The molecule has 1 fully saturated rings. The summed E-state index contributed by atoms with van der Waals surface area (Å²) in [4.78, 5) is 25.4. The Hall–Kier alpha value is -1.34. The molecule has 1 heterocycles. The summed E-state index contributed by atoms with van der Waals surface area (Å²) >= 11 is 5.85. The third-order valence-electron chi connectivity index (χ3n) is 3.09. The highest BCUT2D eigenvalue weighted by Crippen LogP contribution is 2.14. The molecule has 0 bridgehead atoms. The lowest BCUT2D eigenvalue weighted by molar-refractivity contribution is -0.137. The van der Waals surface area contributed by atoms with Gasteiger partial charge in [-0.3, -0.25) is 9.59 Å². The second-order valence-electron chi connectivity index (χ2n) is 4.83. The molecule has 0 saturated carbocycles. The van der Waals surface area contributed by atoms with Crippen molar-refractivity contribution in [2.24, 2.45) is 0 Å². The third-order valence-corrected chi connectivity index (χ3v) is 3.32. The number of nitrogens with one attached hydrogen (secondary N) is 2. The van der Waals surface area contributed by atoms with Crippen molar-refractivity contribution in [2.75, 3.05) is 38.7 Å². The van der Waals surface area contributed by atoms with Crippen LogP contribution in [0.15, 0.2) is 24.3 Å². The van der Waals surface area contributed by atoms with E-state index in [1.54, 1.807) is 31.3 Å². The summed E-state index contributed by atoms with van der Waals surface area (Å²) in [5.74, 6) is -0.430. The van der Waals surface area contributed by atoms with Crippen molar-refractivity contribution in [1.29, 1.82) is 0 Å². The van der Waals surface area contributed by atoms with E-state index < -0.39 is 0 Å². The van der Waals surface area contributed by atoms with Crippen molar-refractivity contribution in [3.8, 4) is 0 Å². The van der Waals surface area contributed by atoms with Crippen LogP contribution in [-0.2, 0) is 14.3 Å². The molecule has 0 aliphatic carbocycles. The van der Waals surface area contributed by atoms with E-state index in [1.165, 1.54) is 4.90 Å². The number of carbonyl (C=O) groups is 2. The molecule has 8 heteroatoms. The molecular formula is C14H19Cl2N3O3. The number of nitrogens with zero attached hydrogens (tertiary/aromatic N) is 1. The maximum Gasteiger partial charge on any atom is 0.243 e. The smallest absolute Gasteiger partial charge is 0.243 e. The minimum Gasteiger partial charge on any atom is -0.378 e. The number of halogens is 2. The Kier molecular flexibility index (Phi) is 7.61. The molecule has 0 radical (unpaired) electrons. The van der Waals surface area contributed by atoms with Crippen molar-refractivity contribution in [1.82, 2.24) is 10.2 Å². The molecule has 6 nitrogen and oxygen atoms in total. The van der Waals surface area contributed by atoms with Gasteiger partial charge < -0.3 is 20.3 Å². The number of amides is 2. The number of rotatable bonds is 4.